The summed E-state index contributed by atoms with van der Waals surface area (Å²) in [5, 5.41) is 17.6. The first-order valence-electron chi connectivity index (χ1n) is 10.1. The lowest BCUT2D eigenvalue weighted by molar-refractivity contribution is 0.102. The molecule has 0 radical (unpaired) electrons. The molecule has 30 heavy (non-hydrogen) atoms. The van der Waals surface area contributed by atoms with Crippen LogP contribution in [0.4, 0.5) is 5.69 Å². The minimum atomic E-state index is -0.230. The Morgan fingerprint density at radius 1 is 0.967 bits per heavy atom. The minimum absolute atomic E-state index is 0.114. The number of anilines is 1. The highest BCUT2D eigenvalue weighted by molar-refractivity contribution is 6.23. The van der Waals surface area contributed by atoms with E-state index < -0.39 is 0 Å². The summed E-state index contributed by atoms with van der Waals surface area (Å²) < 4.78 is 0. The molecule has 5 aromatic rings. The summed E-state index contributed by atoms with van der Waals surface area (Å²) in [6, 6.07) is 21.5. The van der Waals surface area contributed by atoms with E-state index in [1.54, 1.807) is 6.07 Å². The molecule has 0 aliphatic carbocycles. The zero-order valence-corrected chi connectivity index (χ0v) is 16.9. The molecule has 0 spiro atoms. The summed E-state index contributed by atoms with van der Waals surface area (Å²) >= 11 is 0. The molecule has 0 fully saturated rings. The minimum Gasteiger partial charge on any atom is -0.508 e. The zero-order valence-electron chi connectivity index (χ0n) is 16.9. The highest BCUT2D eigenvalue weighted by Gasteiger charge is 2.19. The zero-order chi connectivity index (χ0) is 20.8. The van der Waals surface area contributed by atoms with Crippen LogP contribution in [0.15, 0.2) is 66.7 Å². The topological polar surface area (TPSA) is 65.1 Å². The first-order chi connectivity index (χ1) is 14.6. The molecular formula is C26H22N2O2. The number of hydrogen-bond acceptors (Lipinski definition) is 2. The molecule has 4 heteroatoms. The molecule has 0 saturated carbocycles. The highest BCUT2D eigenvalue weighted by Crippen LogP contribution is 2.38. The summed E-state index contributed by atoms with van der Waals surface area (Å²) in [4.78, 5) is 16.7. The van der Waals surface area contributed by atoms with E-state index in [9.17, 15) is 9.90 Å². The summed E-state index contributed by atoms with van der Waals surface area (Å²) in [5.41, 5.74) is 5.05. The fraction of sp³-hybridized carbons (Fsp3) is 0.115. The van der Waals surface area contributed by atoms with Crippen molar-refractivity contribution in [3.8, 4) is 5.75 Å². The highest BCUT2D eigenvalue weighted by atomic mass is 16.3. The second kappa shape index (κ2) is 6.92. The predicted octanol–water partition coefficient (Wildman–Crippen LogP) is 6.30. The Morgan fingerprint density at radius 2 is 1.70 bits per heavy atom. The largest absolute Gasteiger partial charge is 0.508 e. The van der Waals surface area contributed by atoms with Crippen LogP contribution in [0.1, 0.15) is 28.4 Å². The summed E-state index contributed by atoms with van der Waals surface area (Å²) in [5.74, 6) is -0.116. The molecule has 1 aromatic heterocycles. The van der Waals surface area contributed by atoms with E-state index in [4.69, 9.17) is 0 Å². The van der Waals surface area contributed by atoms with E-state index in [1.807, 2.05) is 61.5 Å². The molecule has 4 nitrogen and oxygen atoms in total. The Bertz CT molecular complexity index is 1450. The van der Waals surface area contributed by atoms with Gasteiger partial charge < -0.3 is 15.4 Å². The SMILES string of the molecule is CCc1ccccc1NC(=O)c1cc(O)c(C)c2c1ccc1c3ccccc3[nH]c12. The Morgan fingerprint density at radius 3 is 2.53 bits per heavy atom. The van der Waals surface area contributed by atoms with Gasteiger partial charge in [-0.2, -0.15) is 0 Å². The third kappa shape index (κ3) is 2.72. The molecule has 4 aromatic carbocycles. The number of H-pyrrole nitrogens is 1. The number of rotatable bonds is 3. The third-order valence-electron chi connectivity index (χ3n) is 5.90. The smallest absolute Gasteiger partial charge is 0.256 e. The molecule has 3 N–H and O–H groups in total. The van der Waals surface area contributed by atoms with Crippen LogP contribution in [-0.2, 0) is 6.42 Å². The van der Waals surface area contributed by atoms with Crippen molar-refractivity contribution >= 4 is 44.2 Å². The van der Waals surface area contributed by atoms with Crippen molar-refractivity contribution in [1.82, 2.24) is 4.98 Å². The third-order valence-corrected chi connectivity index (χ3v) is 5.90. The number of carbonyl (C=O) groups excluding carboxylic acids is 1. The van der Waals surface area contributed by atoms with Crippen LogP contribution >= 0.6 is 0 Å². The number of para-hydroxylation sites is 2. The Hall–Kier alpha value is -3.79. The van der Waals surface area contributed by atoms with Gasteiger partial charge in [0.1, 0.15) is 5.75 Å². The predicted molar refractivity (Wildman–Crippen MR) is 123 cm³/mol. The van der Waals surface area contributed by atoms with Crippen molar-refractivity contribution in [3.05, 3.63) is 83.4 Å². The van der Waals surface area contributed by atoms with E-state index in [2.05, 4.69) is 23.3 Å². The molecule has 0 aliphatic heterocycles. The van der Waals surface area contributed by atoms with Gasteiger partial charge in [0, 0.05) is 32.9 Å². The molecule has 148 valence electrons. The first kappa shape index (κ1) is 18.3. The van der Waals surface area contributed by atoms with Crippen molar-refractivity contribution in [2.75, 3.05) is 5.32 Å². The van der Waals surface area contributed by atoms with Gasteiger partial charge in [-0.15, -0.1) is 0 Å². The van der Waals surface area contributed by atoms with Crippen molar-refractivity contribution in [3.63, 3.8) is 0 Å². The number of aryl methyl sites for hydroxylation is 2. The van der Waals surface area contributed by atoms with E-state index in [1.165, 1.54) is 0 Å². The number of nitrogens with one attached hydrogen (secondary N) is 2. The van der Waals surface area contributed by atoms with Crippen molar-refractivity contribution < 1.29 is 9.90 Å². The van der Waals surface area contributed by atoms with Crippen LogP contribution in [-0.4, -0.2) is 16.0 Å². The van der Waals surface area contributed by atoms with Crippen molar-refractivity contribution in [1.29, 1.82) is 0 Å². The average Bonchev–Trinajstić information content (AvgIpc) is 3.15. The lowest BCUT2D eigenvalue weighted by atomic mass is 9.96. The Kier molecular flexibility index (Phi) is 4.21. The number of aromatic nitrogens is 1. The van der Waals surface area contributed by atoms with Gasteiger partial charge in [-0.3, -0.25) is 4.79 Å². The monoisotopic (exact) mass is 394 g/mol. The maximum atomic E-state index is 13.2. The van der Waals surface area contributed by atoms with E-state index in [0.717, 1.165) is 55.8 Å². The lowest BCUT2D eigenvalue weighted by Gasteiger charge is -2.14. The van der Waals surface area contributed by atoms with E-state index in [-0.39, 0.29) is 11.7 Å². The number of aromatic amines is 1. The van der Waals surface area contributed by atoms with Crippen LogP contribution in [0.3, 0.4) is 0 Å². The fourth-order valence-corrected chi connectivity index (χ4v) is 4.31. The molecule has 0 bridgehead atoms. The summed E-state index contributed by atoms with van der Waals surface area (Å²) in [6.45, 7) is 3.95. The van der Waals surface area contributed by atoms with Gasteiger partial charge in [0.05, 0.1) is 11.1 Å². The van der Waals surface area contributed by atoms with Gasteiger partial charge >= 0.3 is 0 Å². The quantitative estimate of drug-likeness (QED) is 0.336. The maximum absolute atomic E-state index is 13.2. The molecular weight excluding hydrogens is 372 g/mol. The molecule has 0 atom stereocenters. The number of phenols is 1. The number of aromatic hydroxyl groups is 1. The van der Waals surface area contributed by atoms with Crippen LogP contribution in [0.5, 0.6) is 5.75 Å². The fourth-order valence-electron chi connectivity index (χ4n) is 4.31. The first-order valence-corrected chi connectivity index (χ1v) is 10.1. The van der Waals surface area contributed by atoms with Crippen LogP contribution in [0.2, 0.25) is 0 Å². The summed E-state index contributed by atoms with van der Waals surface area (Å²) in [7, 11) is 0. The van der Waals surface area contributed by atoms with Crippen molar-refractivity contribution in [2.45, 2.75) is 20.3 Å². The van der Waals surface area contributed by atoms with E-state index in [0.29, 0.717) is 5.56 Å². The Balaban J connectivity index is 1.74. The molecule has 0 saturated heterocycles. The van der Waals surface area contributed by atoms with Gasteiger partial charge in [0.2, 0.25) is 0 Å². The van der Waals surface area contributed by atoms with Gasteiger partial charge in [0.25, 0.3) is 5.91 Å². The van der Waals surface area contributed by atoms with Crippen LogP contribution in [0.25, 0.3) is 32.6 Å². The number of carbonyl (C=O) groups is 1. The molecule has 1 heterocycles. The standard InChI is InChI=1S/C26H22N2O2/c1-3-16-8-4-6-10-21(16)28-26(30)20-14-23(29)15(2)24-18(20)12-13-19-17-9-5-7-11-22(17)27-25(19)24/h4-14,27,29H,3H2,1-2H3,(H,28,30). The average molecular weight is 394 g/mol. The normalized spacial score (nSPS) is 11.4. The lowest BCUT2D eigenvalue weighted by Crippen LogP contribution is -2.14. The summed E-state index contributed by atoms with van der Waals surface area (Å²) in [6.07, 6.45) is 0.825. The van der Waals surface area contributed by atoms with E-state index >= 15 is 0 Å². The van der Waals surface area contributed by atoms with Gasteiger partial charge in [0.15, 0.2) is 0 Å². The second-order valence-electron chi connectivity index (χ2n) is 7.61. The number of benzene rings is 4. The maximum Gasteiger partial charge on any atom is 0.256 e. The number of hydrogen-bond donors (Lipinski definition) is 3. The van der Waals surface area contributed by atoms with Gasteiger partial charge in [-0.1, -0.05) is 55.5 Å². The molecule has 0 unspecified atom stereocenters. The number of fused-ring (bicyclic) bond motifs is 5. The number of amides is 1. The van der Waals surface area contributed by atoms with Crippen molar-refractivity contribution in [2.24, 2.45) is 0 Å². The van der Waals surface area contributed by atoms with Crippen LogP contribution in [0, 0.1) is 6.92 Å². The van der Waals surface area contributed by atoms with Crippen LogP contribution < -0.4 is 5.32 Å². The molecule has 1 amide bonds. The molecule has 0 aliphatic rings. The van der Waals surface area contributed by atoms with Gasteiger partial charge in [-0.05, 0) is 42.5 Å². The van der Waals surface area contributed by atoms with Gasteiger partial charge in [-0.25, -0.2) is 0 Å². The Labute approximate surface area is 174 Å². The molecule has 5 rings (SSSR count). The second-order valence-corrected chi connectivity index (χ2v) is 7.61. The number of phenolic OH excluding ortho intramolecular Hbond substituents is 1.